The van der Waals surface area contributed by atoms with Gasteiger partial charge in [-0.2, -0.15) is 0 Å². The lowest BCUT2D eigenvalue weighted by Crippen LogP contribution is -2.47. The van der Waals surface area contributed by atoms with Crippen molar-refractivity contribution in [3.8, 4) is 0 Å². The molecule has 117 valence electrons. The molecule has 1 aliphatic heterocycles. The molecule has 0 saturated carbocycles. The van der Waals surface area contributed by atoms with Crippen molar-refractivity contribution in [2.75, 3.05) is 39.3 Å². The molecule has 1 N–H and O–H groups in total. The number of hydrogen-bond acceptors (Lipinski definition) is 4. The summed E-state index contributed by atoms with van der Waals surface area (Å²) in [7, 11) is 0. The zero-order valence-corrected chi connectivity index (χ0v) is 14.0. The van der Waals surface area contributed by atoms with Gasteiger partial charge in [0.05, 0.1) is 6.10 Å². The monoisotopic (exact) mass is 307 g/mol. The molecule has 1 fully saturated rings. The van der Waals surface area contributed by atoms with E-state index < -0.39 is 6.10 Å². The Labute approximate surface area is 133 Å². The largest absolute Gasteiger partial charge is 0.387 e. The van der Waals surface area contributed by atoms with Crippen LogP contribution in [0.25, 0.3) is 0 Å². The second-order valence-corrected chi connectivity index (χ2v) is 7.54. The fourth-order valence-electron chi connectivity index (χ4n) is 2.59. The fraction of sp³-hybridized carbons (Fsp3) is 0.588. The highest BCUT2D eigenvalue weighted by Crippen LogP contribution is 2.25. The first kappa shape index (κ1) is 16.8. The third-order valence-electron chi connectivity index (χ3n) is 3.85. The van der Waals surface area contributed by atoms with Crippen LogP contribution in [0.15, 0.2) is 29.2 Å². The Morgan fingerprint density at radius 2 is 1.67 bits per heavy atom. The maximum absolute atomic E-state index is 10.4. The third-order valence-corrected chi connectivity index (χ3v) is 4.86. The van der Waals surface area contributed by atoms with Crippen molar-refractivity contribution < 1.29 is 5.11 Å². The predicted molar refractivity (Wildman–Crippen MR) is 90.6 cm³/mol. The van der Waals surface area contributed by atoms with Crippen molar-refractivity contribution in [3.05, 3.63) is 36.8 Å². The van der Waals surface area contributed by atoms with Crippen LogP contribution >= 0.6 is 11.8 Å². The van der Waals surface area contributed by atoms with Gasteiger partial charge in [-0.3, -0.25) is 4.90 Å². The molecule has 21 heavy (non-hydrogen) atoms. The van der Waals surface area contributed by atoms with Crippen LogP contribution < -0.4 is 0 Å². The van der Waals surface area contributed by atoms with Crippen molar-refractivity contribution in [3.63, 3.8) is 0 Å². The average Bonchev–Trinajstić information content (AvgIpc) is 2.48. The molecule has 1 heterocycles. The molecule has 0 aromatic heterocycles. The molecule has 0 spiro atoms. The maximum atomic E-state index is 10.4. The molecule has 0 aliphatic carbocycles. The van der Waals surface area contributed by atoms with Crippen molar-refractivity contribution in [1.29, 1.82) is 0 Å². The van der Waals surface area contributed by atoms with Gasteiger partial charge < -0.3 is 10.0 Å². The second-order valence-electron chi connectivity index (χ2n) is 5.89. The van der Waals surface area contributed by atoms with Crippen LogP contribution in [-0.4, -0.2) is 59.4 Å². The molecule has 2 rings (SSSR count). The number of rotatable bonds is 6. The molecule has 0 bridgehead atoms. The van der Waals surface area contributed by atoms with E-state index in [1.807, 2.05) is 11.8 Å². The van der Waals surface area contributed by atoms with E-state index in [4.69, 9.17) is 0 Å². The number of piperazine rings is 1. The first-order chi connectivity index (χ1) is 10.1. The Bertz CT molecular complexity index is 413. The third kappa shape index (κ3) is 5.29. The Kier molecular flexibility index (Phi) is 6.55. The van der Waals surface area contributed by atoms with Crippen molar-refractivity contribution in [2.24, 2.45) is 0 Å². The topological polar surface area (TPSA) is 26.7 Å². The SMILES string of the molecule is [CH2]CN1CCN(CC(O)c2ccc(SC(C)C)cc2)CC1. The summed E-state index contributed by atoms with van der Waals surface area (Å²) in [5.41, 5.74) is 1.02. The number of aliphatic hydroxyl groups is 1. The zero-order valence-electron chi connectivity index (χ0n) is 13.2. The smallest absolute Gasteiger partial charge is 0.0916 e. The summed E-state index contributed by atoms with van der Waals surface area (Å²) in [5, 5.41) is 11.0. The van der Waals surface area contributed by atoms with Gasteiger partial charge in [0.1, 0.15) is 0 Å². The van der Waals surface area contributed by atoms with E-state index >= 15 is 0 Å². The number of thioether (sulfide) groups is 1. The number of β-amino-alcohol motifs (C(OH)–C–C–N with tert-alkyl or cyclic N) is 1. The Morgan fingerprint density at radius 1 is 1.10 bits per heavy atom. The van der Waals surface area contributed by atoms with Crippen LogP contribution in [0.5, 0.6) is 0 Å². The van der Waals surface area contributed by atoms with Gasteiger partial charge in [-0.05, 0) is 31.2 Å². The summed E-state index contributed by atoms with van der Waals surface area (Å²) in [4.78, 5) is 5.96. The summed E-state index contributed by atoms with van der Waals surface area (Å²) < 4.78 is 0. The van der Waals surface area contributed by atoms with E-state index in [9.17, 15) is 5.11 Å². The van der Waals surface area contributed by atoms with Crippen LogP contribution in [-0.2, 0) is 0 Å². The molecular weight excluding hydrogens is 280 g/mol. The fourth-order valence-corrected chi connectivity index (χ4v) is 3.42. The minimum absolute atomic E-state index is 0.394. The van der Waals surface area contributed by atoms with Crippen LogP contribution in [0, 0.1) is 6.92 Å². The van der Waals surface area contributed by atoms with Crippen molar-refractivity contribution in [1.82, 2.24) is 9.80 Å². The predicted octanol–water partition coefficient (Wildman–Crippen LogP) is 2.67. The molecule has 1 aliphatic rings. The highest BCUT2D eigenvalue weighted by atomic mass is 32.2. The normalized spacial score (nSPS) is 19.1. The highest BCUT2D eigenvalue weighted by molar-refractivity contribution is 7.99. The van der Waals surface area contributed by atoms with E-state index in [1.165, 1.54) is 4.90 Å². The molecule has 3 nitrogen and oxygen atoms in total. The zero-order chi connectivity index (χ0) is 15.2. The molecule has 1 aromatic rings. The number of aliphatic hydroxyl groups excluding tert-OH is 1. The number of nitrogens with zero attached hydrogens (tertiary/aromatic N) is 2. The molecule has 1 unspecified atom stereocenters. The van der Waals surface area contributed by atoms with Crippen LogP contribution in [0.2, 0.25) is 0 Å². The molecule has 4 heteroatoms. The summed E-state index contributed by atoms with van der Waals surface area (Å²) >= 11 is 1.85. The van der Waals surface area contributed by atoms with E-state index in [1.54, 1.807) is 0 Å². The van der Waals surface area contributed by atoms with Crippen LogP contribution in [0.4, 0.5) is 0 Å². The van der Waals surface area contributed by atoms with E-state index in [0.29, 0.717) is 5.25 Å². The summed E-state index contributed by atoms with van der Waals surface area (Å²) in [6.45, 7) is 14.1. The lowest BCUT2D eigenvalue weighted by atomic mass is 10.1. The highest BCUT2D eigenvalue weighted by Gasteiger charge is 2.18. The molecule has 1 radical (unpaired) electrons. The minimum atomic E-state index is -0.394. The Balaban J connectivity index is 1.84. The molecule has 1 saturated heterocycles. The van der Waals surface area contributed by atoms with Gasteiger partial charge in [-0.25, -0.2) is 0 Å². The minimum Gasteiger partial charge on any atom is -0.387 e. The van der Waals surface area contributed by atoms with Gasteiger partial charge >= 0.3 is 0 Å². The first-order valence-electron chi connectivity index (χ1n) is 7.77. The average molecular weight is 307 g/mol. The molecular formula is C17H27N2OS. The van der Waals surface area contributed by atoms with Gasteiger partial charge in [0.25, 0.3) is 0 Å². The maximum Gasteiger partial charge on any atom is 0.0916 e. The number of benzene rings is 1. The lowest BCUT2D eigenvalue weighted by molar-refractivity contribution is 0.0761. The Morgan fingerprint density at radius 3 is 2.19 bits per heavy atom. The first-order valence-corrected chi connectivity index (χ1v) is 8.65. The molecule has 1 atom stereocenters. The van der Waals surface area contributed by atoms with Gasteiger partial charge in [-0.1, -0.05) is 26.0 Å². The quantitative estimate of drug-likeness (QED) is 0.818. The van der Waals surface area contributed by atoms with E-state index in [2.05, 4.69) is 54.8 Å². The van der Waals surface area contributed by atoms with Crippen LogP contribution in [0.1, 0.15) is 25.5 Å². The molecule has 0 amide bonds. The van der Waals surface area contributed by atoms with Crippen LogP contribution in [0.3, 0.4) is 0 Å². The van der Waals surface area contributed by atoms with Gasteiger partial charge in [0.15, 0.2) is 0 Å². The van der Waals surface area contributed by atoms with Crippen molar-refractivity contribution in [2.45, 2.75) is 30.1 Å². The summed E-state index contributed by atoms with van der Waals surface area (Å²) in [6.07, 6.45) is -0.394. The second kappa shape index (κ2) is 8.18. The standard InChI is InChI=1S/C17H27N2OS/c1-4-18-9-11-19(12-10-18)13-17(20)15-5-7-16(8-6-15)21-14(2)3/h5-8,14,17,20H,1,4,9-13H2,2-3H3. The van der Waals surface area contributed by atoms with Crippen molar-refractivity contribution >= 4 is 11.8 Å². The van der Waals surface area contributed by atoms with E-state index in [-0.39, 0.29) is 0 Å². The summed E-state index contributed by atoms with van der Waals surface area (Å²) in [6, 6.07) is 8.34. The van der Waals surface area contributed by atoms with E-state index in [0.717, 1.165) is 44.8 Å². The van der Waals surface area contributed by atoms with Gasteiger partial charge in [0.2, 0.25) is 0 Å². The number of hydrogen-bond donors (Lipinski definition) is 1. The van der Waals surface area contributed by atoms with Gasteiger partial charge in [-0.15, -0.1) is 11.8 Å². The lowest BCUT2D eigenvalue weighted by Gasteiger charge is -2.35. The van der Waals surface area contributed by atoms with Gasteiger partial charge in [0, 0.05) is 42.9 Å². The molecule has 1 aromatic carbocycles. The Hall–Kier alpha value is -0.550. The summed E-state index contributed by atoms with van der Waals surface area (Å²) in [5.74, 6) is 0.